The Balaban J connectivity index is 1.51. The van der Waals surface area contributed by atoms with Gasteiger partial charge < -0.3 is 19.7 Å². The van der Waals surface area contributed by atoms with Gasteiger partial charge in [0.1, 0.15) is 11.9 Å². The number of aromatic nitrogens is 3. The molecule has 0 aromatic carbocycles. The Morgan fingerprint density at radius 3 is 3.18 bits per heavy atom. The third-order valence-corrected chi connectivity index (χ3v) is 3.32. The molecule has 0 bridgehead atoms. The summed E-state index contributed by atoms with van der Waals surface area (Å²) in [6, 6.07) is 2.97. The van der Waals surface area contributed by atoms with Gasteiger partial charge in [-0.2, -0.15) is 4.98 Å². The van der Waals surface area contributed by atoms with E-state index in [1.54, 1.807) is 6.07 Å². The van der Waals surface area contributed by atoms with E-state index in [9.17, 15) is 9.90 Å². The predicted molar refractivity (Wildman–Crippen MR) is 74.2 cm³/mol. The SMILES string of the molecule is O=C(NCCc1noc([C@@H]2CCCO2)n1)c1ncccc1O. The molecule has 1 aliphatic heterocycles. The second-order valence-corrected chi connectivity index (χ2v) is 4.93. The summed E-state index contributed by atoms with van der Waals surface area (Å²) in [4.78, 5) is 19.9. The van der Waals surface area contributed by atoms with Crippen molar-refractivity contribution in [3.8, 4) is 5.75 Å². The third kappa shape index (κ3) is 3.22. The zero-order valence-corrected chi connectivity index (χ0v) is 11.9. The molecule has 1 aliphatic rings. The topological polar surface area (TPSA) is 110 Å². The van der Waals surface area contributed by atoms with Gasteiger partial charge in [0, 0.05) is 25.8 Å². The first-order chi connectivity index (χ1) is 10.7. The van der Waals surface area contributed by atoms with Gasteiger partial charge in [-0.25, -0.2) is 4.98 Å². The highest BCUT2D eigenvalue weighted by molar-refractivity contribution is 5.94. The Labute approximate surface area is 126 Å². The van der Waals surface area contributed by atoms with Crippen molar-refractivity contribution in [1.29, 1.82) is 0 Å². The van der Waals surface area contributed by atoms with Crippen LogP contribution in [0.15, 0.2) is 22.9 Å². The number of carbonyl (C=O) groups is 1. The molecule has 8 heteroatoms. The number of nitrogens with zero attached hydrogens (tertiary/aromatic N) is 3. The van der Waals surface area contributed by atoms with Crippen LogP contribution >= 0.6 is 0 Å². The van der Waals surface area contributed by atoms with Gasteiger partial charge in [-0.05, 0) is 25.0 Å². The molecule has 2 N–H and O–H groups in total. The lowest BCUT2D eigenvalue weighted by molar-refractivity contribution is 0.0835. The minimum Gasteiger partial charge on any atom is -0.505 e. The minimum atomic E-state index is -0.444. The van der Waals surface area contributed by atoms with Gasteiger partial charge in [0.05, 0.1) is 0 Å². The van der Waals surface area contributed by atoms with E-state index in [2.05, 4.69) is 20.4 Å². The highest BCUT2D eigenvalue weighted by atomic mass is 16.5. The Hall–Kier alpha value is -2.48. The van der Waals surface area contributed by atoms with Gasteiger partial charge in [0.2, 0.25) is 0 Å². The van der Waals surface area contributed by atoms with Crippen LogP contribution in [0.4, 0.5) is 0 Å². The van der Waals surface area contributed by atoms with Gasteiger partial charge in [-0.3, -0.25) is 4.79 Å². The van der Waals surface area contributed by atoms with Crippen LogP contribution in [0.2, 0.25) is 0 Å². The number of aromatic hydroxyl groups is 1. The summed E-state index contributed by atoms with van der Waals surface area (Å²) >= 11 is 0. The number of nitrogens with one attached hydrogen (secondary N) is 1. The zero-order valence-electron chi connectivity index (χ0n) is 11.9. The zero-order chi connectivity index (χ0) is 15.4. The van der Waals surface area contributed by atoms with Gasteiger partial charge in [0.25, 0.3) is 11.8 Å². The molecule has 0 radical (unpaired) electrons. The van der Waals surface area contributed by atoms with Crippen molar-refractivity contribution >= 4 is 5.91 Å². The number of amides is 1. The molecule has 1 amide bonds. The molecule has 1 atom stereocenters. The second kappa shape index (κ2) is 6.52. The van der Waals surface area contributed by atoms with Crippen molar-refractivity contribution in [2.45, 2.75) is 25.4 Å². The quantitative estimate of drug-likeness (QED) is 0.847. The maximum absolute atomic E-state index is 11.9. The molecule has 0 saturated carbocycles. The van der Waals surface area contributed by atoms with Crippen molar-refractivity contribution in [3.63, 3.8) is 0 Å². The molecule has 0 unspecified atom stereocenters. The van der Waals surface area contributed by atoms with Crippen LogP contribution in [0.3, 0.4) is 0 Å². The number of hydrogen-bond acceptors (Lipinski definition) is 7. The smallest absolute Gasteiger partial charge is 0.273 e. The van der Waals surface area contributed by atoms with E-state index in [-0.39, 0.29) is 17.5 Å². The van der Waals surface area contributed by atoms with Crippen LogP contribution < -0.4 is 5.32 Å². The van der Waals surface area contributed by atoms with E-state index in [0.29, 0.717) is 31.3 Å². The predicted octanol–water partition coefficient (Wildman–Crippen LogP) is 0.994. The van der Waals surface area contributed by atoms with E-state index in [0.717, 1.165) is 12.8 Å². The summed E-state index contributed by atoms with van der Waals surface area (Å²) in [5.74, 6) is 0.401. The minimum absolute atomic E-state index is 0.00402. The molecule has 22 heavy (non-hydrogen) atoms. The van der Waals surface area contributed by atoms with Gasteiger partial charge in [0.15, 0.2) is 11.5 Å². The molecule has 116 valence electrons. The van der Waals surface area contributed by atoms with Crippen LogP contribution in [0.5, 0.6) is 5.75 Å². The fourth-order valence-electron chi connectivity index (χ4n) is 2.22. The van der Waals surface area contributed by atoms with Crippen molar-refractivity contribution in [2.75, 3.05) is 13.2 Å². The molecule has 0 spiro atoms. The average Bonchev–Trinajstić information content (AvgIpc) is 3.18. The highest BCUT2D eigenvalue weighted by Crippen LogP contribution is 2.26. The molecule has 0 aliphatic carbocycles. The van der Waals surface area contributed by atoms with Crippen molar-refractivity contribution in [3.05, 3.63) is 35.7 Å². The van der Waals surface area contributed by atoms with Crippen LogP contribution in [-0.2, 0) is 11.2 Å². The summed E-state index contributed by atoms with van der Waals surface area (Å²) in [6.45, 7) is 1.03. The van der Waals surface area contributed by atoms with Crippen LogP contribution in [0.1, 0.15) is 41.1 Å². The largest absolute Gasteiger partial charge is 0.505 e. The normalized spacial score (nSPS) is 17.5. The molecule has 8 nitrogen and oxygen atoms in total. The Morgan fingerprint density at radius 2 is 2.41 bits per heavy atom. The van der Waals surface area contributed by atoms with E-state index >= 15 is 0 Å². The number of hydrogen-bond donors (Lipinski definition) is 2. The lowest BCUT2D eigenvalue weighted by Gasteiger charge is -2.04. The molecule has 1 saturated heterocycles. The van der Waals surface area contributed by atoms with Crippen LogP contribution in [-0.4, -0.2) is 39.3 Å². The highest BCUT2D eigenvalue weighted by Gasteiger charge is 2.23. The Morgan fingerprint density at radius 1 is 1.50 bits per heavy atom. The van der Waals surface area contributed by atoms with Gasteiger partial charge in [-0.1, -0.05) is 5.16 Å². The number of ether oxygens (including phenoxy) is 1. The lowest BCUT2D eigenvalue weighted by atomic mass is 10.2. The molecule has 1 fully saturated rings. The standard InChI is InChI=1S/C14H16N4O4/c19-9-3-1-6-15-12(9)13(20)16-7-5-11-17-14(22-18-11)10-4-2-8-21-10/h1,3,6,10,19H,2,4-5,7-8H2,(H,16,20)/t10-/m0/s1. The molecule has 2 aromatic rings. The van der Waals surface area contributed by atoms with Crippen molar-refractivity contribution in [2.24, 2.45) is 0 Å². The van der Waals surface area contributed by atoms with Crippen LogP contribution in [0, 0.1) is 0 Å². The summed E-state index contributed by atoms with van der Waals surface area (Å²) in [6.07, 6.45) is 3.64. The van der Waals surface area contributed by atoms with E-state index in [1.165, 1.54) is 12.3 Å². The number of rotatable bonds is 5. The third-order valence-electron chi connectivity index (χ3n) is 3.32. The maximum Gasteiger partial charge on any atom is 0.273 e. The first-order valence-electron chi connectivity index (χ1n) is 7.10. The molecular formula is C14H16N4O4. The molecule has 3 rings (SSSR count). The van der Waals surface area contributed by atoms with Crippen LogP contribution in [0.25, 0.3) is 0 Å². The summed E-state index contributed by atoms with van der Waals surface area (Å²) in [5, 5.41) is 16.1. The summed E-state index contributed by atoms with van der Waals surface area (Å²) in [7, 11) is 0. The average molecular weight is 304 g/mol. The monoisotopic (exact) mass is 304 g/mol. The fraction of sp³-hybridized carbons (Fsp3) is 0.429. The Kier molecular flexibility index (Phi) is 4.29. The summed E-state index contributed by atoms with van der Waals surface area (Å²) < 4.78 is 10.6. The van der Waals surface area contributed by atoms with Gasteiger partial charge in [-0.15, -0.1) is 0 Å². The lowest BCUT2D eigenvalue weighted by Crippen LogP contribution is -2.26. The first kappa shape index (κ1) is 14.5. The van der Waals surface area contributed by atoms with Gasteiger partial charge >= 0.3 is 0 Å². The number of carbonyl (C=O) groups excluding carboxylic acids is 1. The van der Waals surface area contributed by atoms with Crippen molar-refractivity contribution in [1.82, 2.24) is 20.4 Å². The summed E-state index contributed by atoms with van der Waals surface area (Å²) in [5.41, 5.74) is -0.00402. The second-order valence-electron chi connectivity index (χ2n) is 4.93. The molecular weight excluding hydrogens is 288 g/mol. The number of pyridine rings is 1. The van der Waals surface area contributed by atoms with E-state index in [4.69, 9.17) is 9.26 Å². The van der Waals surface area contributed by atoms with E-state index in [1.807, 2.05) is 0 Å². The molecule has 2 aromatic heterocycles. The maximum atomic E-state index is 11.9. The Bertz CT molecular complexity index is 652. The fourth-order valence-corrected chi connectivity index (χ4v) is 2.22. The molecule has 3 heterocycles. The van der Waals surface area contributed by atoms with Crippen molar-refractivity contribution < 1.29 is 19.2 Å². The first-order valence-corrected chi connectivity index (χ1v) is 7.10. The van der Waals surface area contributed by atoms with E-state index < -0.39 is 5.91 Å².